The van der Waals surface area contributed by atoms with Crippen molar-refractivity contribution in [3.05, 3.63) is 45.3 Å². The molecule has 0 spiro atoms. The Morgan fingerprint density at radius 1 is 1.40 bits per heavy atom. The van der Waals surface area contributed by atoms with Gasteiger partial charge in [0.2, 0.25) is 5.43 Å². The molecule has 3 heterocycles. The SMILES string of the molecule is CC1(C)CN(c2nc3c(cc2F)c(=O)c(C(=O)O)cn3C2CC2)CCC1=C(F)CN. The Morgan fingerprint density at radius 2 is 2.10 bits per heavy atom. The largest absolute Gasteiger partial charge is 0.477 e. The lowest BCUT2D eigenvalue weighted by molar-refractivity contribution is 0.0695. The first-order chi connectivity index (χ1) is 14.1. The summed E-state index contributed by atoms with van der Waals surface area (Å²) in [5.41, 5.74) is 4.66. The summed E-state index contributed by atoms with van der Waals surface area (Å²) in [5.74, 6) is -2.30. The Kier molecular flexibility index (Phi) is 4.88. The van der Waals surface area contributed by atoms with Gasteiger partial charge in [0.1, 0.15) is 17.0 Å². The van der Waals surface area contributed by atoms with Gasteiger partial charge in [-0.3, -0.25) is 4.79 Å². The van der Waals surface area contributed by atoms with Crippen molar-refractivity contribution < 1.29 is 18.7 Å². The highest BCUT2D eigenvalue weighted by Gasteiger charge is 2.35. The minimum Gasteiger partial charge on any atom is -0.477 e. The van der Waals surface area contributed by atoms with Crippen LogP contribution in [0.5, 0.6) is 0 Å². The number of piperidine rings is 1. The van der Waals surface area contributed by atoms with Crippen molar-refractivity contribution >= 4 is 22.8 Å². The molecular formula is C21H24F2N4O3. The highest BCUT2D eigenvalue weighted by molar-refractivity contribution is 5.92. The van der Waals surface area contributed by atoms with Gasteiger partial charge in [0.15, 0.2) is 11.6 Å². The van der Waals surface area contributed by atoms with Crippen LogP contribution in [0.25, 0.3) is 11.0 Å². The van der Waals surface area contributed by atoms with E-state index in [1.165, 1.54) is 6.20 Å². The van der Waals surface area contributed by atoms with E-state index in [0.29, 0.717) is 25.1 Å². The molecule has 2 aliphatic rings. The molecule has 1 saturated carbocycles. The van der Waals surface area contributed by atoms with E-state index in [0.717, 1.165) is 18.9 Å². The highest BCUT2D eigenvalue weighted by Crippen LogP contribution is 2.40. The van der Waals surface area contributed by atoms with E-state index in [9.17, 15) is 19.1 Å². The molecule has 9 heteroatoms. The number of hydrogen-bond donors (Lipinski definition) is 2. The van der Waals surface area contributed by atoms with Gasteiger partial charge in [0.05, 0.1) is 5.39 Å². The molecule has 4 rings (SSSR count). The summed E-state index contributed by atoms with van der Waals surface area (Å²) in [7, 11) is 0. The third-order valence-corrected chi connectivity index (χ3v) is 5.95. The highest BCUT2D eigenvalue weighted by atomic mass is 19.1. The van der Waals surface area contributed by atoms with Crippen LogP contribution in [-0.4, -0.2) is 40.3 Å². The number of nitrogens with zero attached hydrogens (tertiary/aromatic N) is 3. The predicted molar refractivity (Wildman–Crippen MR) is 109 cm³/mol. The normalized spacial score (nSPS) is 20.5. The van der Waals surface area contributed by atoms with Crippen molar-refractivity contribution in [1.82, 2.24) is 9.55 Å². The van der Waals surface area contributed by atoms with Crippen molar-refractivity contribution in [3.63, 3.8) is 0 Å². The fourth-order valence-electron chi connectivity index (χ4n) is 4.29. The monoisotopic (exact) mass is 418 g/mol. The van der Waals surface area contributed by atoms with Crippen LogP contribution in [-0.2, 0) is 0 Å². The van der Waals surface area contributed by atoms with Crippen LogP contribution in [0.4, 0.5) is 14.6 Å². The Labute approximate surface area is 171 Å². The van der Waals surface area contributed by atoms with Crippen LogP contribution >= 0.6 is 0 Å². The fraction of sp³-hybridized carbons (Fsp3) is 0.476. The van der Waals surface area contributed by atoms with Crippen molar-refractivity contribution in [2.75, 3.05) is 24.5 Å². The molecule has 1 aliphatic carbocycles. The Hall–Kier alpha value is -2.81. The molecule has 3 N–H and O–H groups in total. The summed E-state index contributed by atoms with van der Waals surface area (Å²) in [6, 6.07) is 1.12. The van der Waals surface area contributed by atoms with Crippen LogP contribution < -0.4 is 16.1 Å². The van der Waals surface area contributed by atoms with Gasteiger partial charge in [-0.15, -0.1) is 0 Å². The lowest BCUT2D eigenvalue weighted by Crippen LogP contribution is -2.43. The molecule has 0 amide bonds. The molecule has 0 aromatic carbocycles. The number of hydrogen-bond acceptors (Lipinski definition) is 5. The van der Waals surface area contributed by atoms with E-state index in [1.54, 1.807) is 9.47 Å². The number of aromatic nitrogens is 2. The van der Waals surface area contributed by atoms with Gasteiger partial charge in [-0.1, -0.05) is 13.8 Å². The second-order valence-electron chi connectivity index (χ2n) is 8.62. The molecule has 0 bridgehead atoms. The number of carboxylic acid groups (broad SMARTS) is 1. The van der Waals surface area contributed by atoms with E-state index in [1.807, 2.05) is 13.8 Å². The number of fused-ring (bicyclic) bond motifs is 1. The first-order valence-corrected chi connectivity index (χ1v) is 9.95. The summed E-state index contributed by atoms with van der Waals surface area (Å²) >= 11 is 0. The lowest BCUT2D eigenvalue weighted by atomic mass is 9.78. The van der Waals surface area contributed by atoms with Crippen LogP contribution in [0.3, 0.4) is 0 Å². The molecule has 2 fully saturated rings. The Morgan fingerprint density at radius 3 is 2.67 bits per heavy atom. The molecular weight excluding hydrogens is 394 g/mol. The number of aromatic carboxylic acids is 1. The smallest absolute Gasteiger partial charge is 0.341 e. The molecule has 0 radical (unpaired) electrons. The number of pyridine rings is 2. The molecule has 0 unspecified atom stereocenters. The minimum atomic E-state index is -1.35. The summed E-state index contributed by atoms with van der Waals surface area (Å²) in [6.07, 6.45) is 3.38. The van der Waals surface area contributed by atoms with Gasteiger partial charge < -0.3 is 20.3 Å². The Bertz CT molecular complexity index is 1140. The quantitative estimate of drug-likeness (QED) is 0.792. The number of anilines is 1. The van der Waals surface area contributed by atoms with E-state index < -0.39 is 28.2 Å². The summed E-state index contributed by atoms with van der Waals surface area (Å²) < 4.78 is 30.9. The second-order valence-corrected chi connectivity index (χ2v) is 8.62. The van der Waals surface area contributed by atoms with Gasteiger partial charge in [-0.05, 0) is 30.9 Å². The van der Waals surface area contributed by atoms with Gasteiger partial charge in [0, 0.05) is 37.3 Å². The number of rotatable bonds is 4. The van der Waals surface area contributed by atoms with Crippen molar-refractivity contribution in [2.45, 2.75) is 39.2 Å². The maximum Gasteiger partial charge on any atom is 0.341 e. The van der Waals surface area contributed by atoms with Crippen molar-refractivity contribution in [3.8, 4) is 0 Å². The zero-order chi connectivity index (χ0) is 21.8. The third kappa shape index (κ3) is 3.36. The minimum absolute atomic E-state index is 0.0444. The van der Waals surface area contributed by atoms with Gasteiger partial charge in [-0.2, -0.15) is 0 Å². The first kappa shape index (κ1) is 20.5. The molecule has 2 aromatic rings. The van der Waals surface area contributed by atoms with Crippen LogP contribution in [0.2, 0.25) is 0 Å². The number of carbonyl (C=O) groups is 1. The predicted octanol–water partition coefficient (Wildman–Crippen LogP) is 2.99. The summed E-state index contributed by atoms with van der Waals surface area (Å²) in [5, 5.41) is 9.30. The first-order valence-electron chi connectivity index (χ1n) is 9.95. The van der Waals surface area contributed by atoms with E-state index in [4.69, 9.17) is 5.73 Å². The summed E-state index contributed by atoms with van der Waals surface area (Å²) in [4.78, 5) is 30.3. The standard InChI is InChI=1S/C21H24F2N4O3/c1-21(2)10-26(6-5-14(21)16(23)8-24)19-15(22)7-12-17(28)13(20(29)30)9-27(11-3-4-11)18(12)25-19/h7,9,11H,3-6,8,10,24H2,1-2H3,(H,29,30). The second kappa shape index (κ2) is 7.16. The molecule has 1 aliphatic heterocycles. The molecule has 2 aromatic heterocycles. The molecule has 1 saturated heterocycles. The Balaban J connectivity index is 1.83. The molecule has 30 heavy (non-hydrogen) atoms. The van der Waals surface area contributed by atoms with Crippen molar-refractivity contribution in [2.24, 2.45) is 11.1 Å². The van der Waals surface area contributed by atoms with Gasteiger partial charge in [-0.25, -0.2) is 18.6 Å². The third-order valence-electron chi connectivity index (χ3n) is 5.95. The van der Waals surface area contributed by atoms with Crippen molar-refractivity contribution in [1.29, 1.82) is 0 Å². The topological polar surface area (TPSA) is 101 Å². The molecule has 0 atom stereocenters. The average Bonchev–Trinajstić information content (AvgIpc) is 3.51. The van der Waals surface area contributed by atoms with Crippen LogP contribution in [0.1, 0.15) is 49.5 Å². The van der Waals surface area contributed by atoms with E-state index in [2.05, 4.69) is 4.98 Å². The van der Waals surface area contributed by atoms with E-state index >= 15 is 4.39 Å². The number of halogens is 2. The maximum atomic E-state index is 15.0. The number of nitrogens with two attached hydrogens (primary N) is 1. The van der Waals surface area contributed by atoms with Gasteiger partial charge >= 0.3 is 5.97 Å². The van der Waals surface area contributed by atoms with E-state index in [-0.39, 0.29) is 35.3 Å². The maximum absolute atomic E-state index is 15.0. The summed E-state index contributed by atoms with van der Waals surface area (Å²) in [6.45, 7) is 4.29. The van der Waals surface area contributed by atoms with Crippen LogP contribution in [0, 0.1) is 11.2 Å². The fourth-order valence-corrected chi connectivity index (χ4v) is 4.29. The average molecular weight is 418 g/mol. The lowest BCUT2D eigenvalue weighted by Gasteiger charge is -2.41. The molecule has 7 nitrogen and oxygen atoms in total. The van der Waals surface area contributed by atoms with Crippen LogP contribution in [0.15, 0.2) is 28.5 Å². The molecule has 160 valence electrons. The zero-order valence-electron chi connectivity index (χ0n) is 16.9. The zero-order valence-corrected chi connectivity index (χ0v) is 16.9. The number of carboxylic acids is 1. The van der Waals surface area contributed by atoms with Gasteiger partial charge in [0.25, 0.3) is 0 Å².